The molecule has 0 radical (unpaired) electrons. The lowest BCUT2D eigenvalue weighted by molar-refractivity contribution is 0.0796. The summed E-state index contributed by atoms with van der Waals surface area (Å²) < 4.78 is 0. The Balaban J connectivity index is 1.85. The van der Waals surface area contributed by atoms with Crippen molar-refractivity contribution in [1.29, 1.82) is 0 Å². The van der Waals surface area contributed by atoms with Gasteiger partial charge in [-0.05, 0) is 39.0 Å². The van der Waals surface area contributed by atoms with Crippen LogP contribution in [0.15, 0.2) is 0 Å². The molecule has 0 aromatic rings. The van der Waals surface area contributed by atoms with E-state index in [0.29, 0.717) is 6.04 Å². The van der Waals surface area contributed by atoms with Crippen LogP contribution in [0.4, 0.5) is 0 Å². The van der Waals surface area contributed by atoms with Gasteiger partial charge in [-0.25, -0.2) is 0 Å². The molecule has 1 aliphatic heterocycles. The van der Waals surface area contributed by atoms with E-state index in [1.165, 1.54) is 45.2 Å². The van der Waals surface area contributed by atoms with Crippen molar-refractivity contribution < 1.29 is 0 Å². The fraction of sp³-hybridized carbons (Fsp3) is 1.00. The van der Waals surface area contributed by atoms with Gasteiger partial charge >= 0.3 is 0 Å². The van der Waals surface area contributed by atoms with Crippen LogP contribution in [0, 0.1) is 5.92 Å². The van der Waals surface area contributed by atoms with Gasteiger partial charge < -0.3 is 11.1 Å². The summed E-state index contributed by atoms with van der Waals surface area (Å²) in [7, 11) is 0. The molecule has 1 saturated carbocycles. The smallest absolute Gasteiger partial charge is 0.0169 e. The van der Waals surface area contributed by atoms with Gasteiger partial charge in [0.15, 0.2) is 0 Å². The van der Waals surface area contributed by atoms with E-state index >= 15 is 0 Å². The second kappa shape index (κ2) is 6.36. The number of hydrogen-bond donors (Lipinski definition) is 2. The average molecular weight is 253 g/mol. The Labute approximate surface area is 112 Å². The Morgan fingerprint density at radius 2 is 1.78 bits per heavy atom. The minimum atomic E-state index is 0.263. The first kappa shape index (κ1) is 14.3. The minimum Gasteiger partial charge on any atom is -0.327 e. The zero-order valence-electron chi connectivity index (χ0n) is 12.3. The molecule has 0 amide bonds. The number of nitrogens with one attached hydrogen (secondary N) is 1. The summed E-state index contributed by atoms with van der Waals surface area (Å²) in [6.07, 6.45) is 8.08. The van der Waals surface area contributed by atoms with Crippen molar-refractivity contribution in [2.75, 3.05) is 26.2 Å². The summed E-state index contributed by atoms with van der Waals surface area (Å²) >= 11 is 0. The van der Waals surface area contributed by atoms with Crippen LogP contribution in [0.5, 0.6) is 0 Å². The monoisotopic (exact) mass is 253 g/mol. The molecule has 2 fully saturated rings. The molecule has 1 atom stereocenters. The second-order valence-electron chi connectivity index (χ2n) is 6.82. The third kappa shape index (κ3) is 3.69. The first-order valence-corrected chi connectivity index (χ1v) is 7.81. The van der Waals surface area contributed by atoms with Crippen molar-refractivity contribution in [1.82, 2.24) is 10.2 Å². The van der Waals surface area contributed by atoms with E-state index < -0.39 is 0 Å². The minimum absolute atomic E-state index is 0.263. The molecule has 0 bridgehead atoms. The molecule has 3 nitrogen and oxygen atoms in total. The van der Waals surface area contributed by atoms with Crippen molar-refractivity contribution in [2.45, 2.75) is 64.0 Å². The van der Waals surface area contributed by atoms with Crippen LogP contribution in [0.2, 0.25) is 0 Å². The number of nitrogens with zero attached hydrogens (tertiary/aromatic N) is 1. The molecule has 0 aromatic carbocycles. The highest BCUT2D eigenvalue weighted by molar-refractivity contribution is 4.90. The Bertz CT molecular complexity index is 240. The summed E-state index contributed by atoms with van der Waals surface area (Å²) in [6.45, 7) is 9.35. The second-order valence-corrected chi connectivity index (χ2v) is 6.82. The van der Waals surface area contributed by atoms with E-state index in [0.717, 1.165) is 25.4 Å². The largest absolute Gasteiger partial charge is 0.327 e. The van der Waals surface area contributed by atoms with Crippen molar-refractivity contribution in [3.05, 3.63) is 0 Å². The molecule has 3 N–H and O–H groups in total. The van der Waals surface area contributed by atoms with E-state index in [2.05, 4.69) is 24.1 Å². The van der Waals surface area contributed by atoms with Crippen molar-refractivity contribution in [3.8, 4) is 0 Å². The molecule has 2 rings (SSSR count). The Kier molecular flexibility index (Phi) is 5.05. The van der Waals surface area contributed by atoms with Crippen LogP contribution < -0.4 is 11.1 Å². The Hall–Kier alpha value is -0.120. The standard InChI is InChI=1S/C15H31N3/c1-15(2,18-10-8-17-9-11-18)12-14(16)13-6-4-3-5-7-13/h13-14,17H,3-12,16H2,1-2H3. The fourth-order valence-corrected chi connectivity index (χ4v) is 3.71. The Morgan fingerprint density at radius 3 is 2.39 bits per heavy atom. The number of hydrogen-bond acceptors (Lipinski definition) is 3. The van der Waals surface area contributed by atoms with Gasteiger partial charge in [0.05, 0.1) is 0 Å². The normalized spacial score (nSPS) is 26.2. The maximum absolute atomic E-state index is 6.50. The average Bonchev–Trinajstić information content (AvgIpc) is 2.40. The van der Waals surface area contributed by atoms with Crippen molar-refractivity contribution in [2.24, 2.45) is 11.7 Å². The van der Waals surface area contributed by atoms with E-state index in [1.807, 2.05) is 0 Å². The highest BCUT2D eigenvalue weighted by atomic mass is 15.2. The molecule has 1 saturated heterocycles. The van der Waals surface area contributed by atoms with Gasteiger partial charge in [0.1, 0.15) is 0 Å². The highest BCUT2D eigenvalue weighted by Crippen LogP contribution is 2.30. The summed E-state index contributed by atoms with van der Waals surface area (Å²) in [6, 6.07) is 0.398. The van der Waals surface area contributed by atoms with Crippen LogP contribution >= 0.6 is 0 Å². The van der Waals surface area contributed by atoms with E-state index in [1.54, 1.807) is 0 Å². The number of rotatable bonds is 4. The number of nitrogens with two attached hydrogens (primary N) is 1. The van der Waals surface area contributed by atoms with Crippen LogP contribution in [-0.4, -0.2) is 42.7 Å². The molecule has 0 aromatic heterocycles. The lowest BCUT2D eigenvalue weighted by atomic mass is 9.79. The highest BCUT2D eigenvalue weighted by Gasteiger charge is 2.32. The third-order valence-corrected chi connectivity index (χ3v) is 4.96. The van der Waals surface area contributed by atoms with E-state index in [9.17, 15) is 0 Å². The molecule has 106 valence electrons. The van der Waals surface area contributed by atoms with Gasteiger partial charge in [-0.1, -0.05) is 19.3 Å². The van der Waals surface area contributed by atoms with Gasteiger partial charge in [-0.3, -0.25) is 4.90 Å². The van der Waals surface area contributed by atoms with Gasteiger partial charge in [0.25, 0.3) is 0 Å². The molecule has 1 heterocycles. The third-order valence-electron chi connectivity index (χ3n) is 4.96. The predicted octanol–water partition coefficient (Wildman–Crippen LogP) is 1.97. The van der Waals surface area contributed by atoms with Crippen LogP contribution in [0.3, 0.4) is 0 Å². The van der Waals surface area contributed by atoms with Crippen molar-refractivity contribution in [3.63, 3.8) is 0 Å². The molecule has 3 heteroatoms. The summed E-state index contributed by atoms with van der Waals surface area (Å²) in [5.74, 6) is 0.779. The van der Waals surface area contributed by atoms with Crippen LogP contribution in [0.25, 0.3) is 0 Å². The zero-order valence-corrected chi connectivity index (χ0v) is 12.3. The first-order valence-electron chi connectivity index (χ1n) is 7.81. The van der Waals surface area contributed by atoms with Crippen molar-refractivity contribution >= 4 is 0 Å². The maximum atomic E-state index is 6.50. The Morgan fingerprint density at radius 1 is 1.17 bits per heavy atom. The maximum Gasteiger partial charge on any atom is 0.0169 e. The fourth-order valence-electron chi connectivity index (χ4n) is 3.71. The van der Waals surface area contributed by atoms with Gasteiger partial charge in [0.2, 0.25) is 0 Å². The lowest BCUT2D eigenvalue weighted by Gasteiger charge is -2.44. The molecule has 1 aliphatic carbocycles. The summed E-state index contributed by atoms with van der Waals surface area (Å²) in [5.41, 5.74) is 6.76. The molecular formula is C15H31N3. The summed E-state index contributed by atoms with van der Waals surface area (Å²) in [5, 5.41) is 3.43. The van der Waals surface area contributed by atoms with Gasteiger partial charge in [0, 0.05) is 37.8 Å². The SMILES string of the molecule is CC(C)(CC(N)C1CCCCC1)N1CCNCC1. The molecular weight excluding hydrogens is 222 g/mol. The summed E-state index contributed by atoms with van der Waals surface area (Å²) in [4.78, 5) is 2.62. The van der Waals surface area contributed by atoms with Gasteiger partial charge in [-0.2, -0.15) is 0 Å². The quantitative estimate of drug-likeness (QED) is 0.805. The first-order chi connectivity index (χ1) is 8.59. The van der Waals surface area contributed by atoms with E-state index in [-0.39, 0.29) is 5.54 Å². The molecule has 2 aliphatic rings. The van der Waals surface area contributed by atoms with Crippen LogP contribution in [-0.2, 0) is 0 Å². The lowest BCUT2D eigenvalue weighted by Crippen LogP contribution is -2.55. The van der Waals surface area contributed by atoms with Crippen LogP contribution in [0.1, 0.15) is 52.4 Å². The predicted molar refractivity (Wildman–Crippen MR) is 77.7 cm³/mol. The topological polar surface area (TPSA) is 41.3 Å². The molecule has 18 heavy (non-hydrogen) atoms. The molecule has 0 spiro atoms. The zero-order chi connectivity index (χ0) is 13.0. The number of piperazine rings is 1. The molecule has 1 unspecified atom stereocenters. The van der Waals surface area contributed by atoms with E-state index in [4.69, 9.17) is 5.73 Å². The van der Waals surface area contributed by atoms with Gasteiger partial charge in [-0.15, -0.1) is 0 Å².